The van der Waals surface area contributed by atoms with Crippen molar-refractivity contribution < 1.29 is 42.8 Å². The maximum atomic E-state index is 12.7. The second-order valence-electron chi connectivity index (χ2n) is 17.9. The number of hydrogen-bond acceptors (Lipinski definition) is 9. The molecule has 0 bridgehead atoms. The first-order valence-electron chi connectivity index (χ1n) is 19.7. The predicted octanol–water partition coefficient (Wildman–Crippen LogP) is 12.9. The molecular weight excluding hydrogens is 733 g/mol. The van der Waals surface area contributed by atoms with Gasteiger partial charge in [0.1, 0.15) is 37.1 Å². The van der Waals surface area contributed by atoms with Gasteiger partial charge in [-0.1, -0.05) is 125 Å². The van der Waals surface area contributed by atoms with Gasteiger partial charge in [-0.05, 0) is 101 Å². The molecule has 58 heavy (non-hydrogen) atoms. The number of aryl methyl sites for hydroxylation is 3. The number of hydrogen-bond donors (Lipinski definition) is 0. The topological polar surface area (TPSA) is 107 Å². The predicted molar refractivity (Wildman–Crippen MR) is 231 cm³/mol. The molecule has 0 aliphatic heterocycles. The lowest BCUT2D eigenvalue weighted by Gasteiger charge is -2.32. The number of ether oxygens (including phenoxy) is 6. The minimum atomic E-state index is -0.804. The van der Waals surface area contributed by atoms with Crippen molar-refractivity contribution >= 4 is 18.5 Å². The summed E-state index contributed by atoms with van der Waals surface area (Å²) < 4.78 is 32.9. The summed E-state index contributed by atoms with van der Waals surface area (Å²) in [6, 6.07) is 12.2. The molecule has 0 aliphatic rings. The van der Waals surface area contributed by atoms with Crippen LogP contribution in [-0.2, 0) is 30.5 Å². The Morgan fingerprint density at radius 2 is 0.793 bits per heavy atom. The minimum absolute atomic E-state index is 0.00236. The van der Waals surface area contributed by atoms with E-state index < -0.39 is 29.3 Å². The molecule has 0 spiro atoms. The van der Waals surface area contributed by atoms with Crippen LogP contribution in [0.3, 0.4) is 0 Å². The smallest absolute Gasteiger partial charge is 0.430 e. The van der Waals surface area contributed by atoms with E-state index in [9.17, 15) is 14.4 Å². The Hall–Kier alpha value is -5.31. The highest BCUT2D eigenvalue weighted by molar-refractivity contribution is 5.68. The molecule has 0 amide bonds. The Labute approximate surface area is 346 Å². The summed E-state index contributed by atoms with van der Waals surface area (Å²) in [6.07, 6.45) is 2.75. The van der Waals surface area contributed by atoms with E-state index in [-0.39, 0.29) is 37.1 Å². The zero-order chi connectivity index (χ0) is 43.7. The van der Waals surface area contributed by atoms with Gasteiger partial charge in [0, 0.05) is 22.6 Å². The first kappa shape index (κ1) is 47.1. The Kier molecular flexibility index (Phi) is 15.8. The zero-order valence-corrected chi connectivity index (χ0v) is 37.0. The van der Waals surface area contributed by atoms with Crippen molar-refractivity contribution in [2.24, 2.45) is 0 Å². The molecule has 9 heteroatoms. The van der Waals surface area contributed by atoms with E-state index >= 15 is 0 Å². The third-order valence-electron chi connectivity index (χ3n) is 9.94. The summed E-state index contributed by atoms with van der Waals surface area (Å²) in [6.45, 7) is 38.0. The average molecular weight is 797 g/mol. The van der Waals surface area contributed by atoms with E-state index in [0.29, 0.717) is 23.7 Å². The Morgan fingerprint density at radius 3 is 1.07 bits per heavy atom. The Bertz CT molecular complexity index is 1910. The molecule has 0 heterocycles. The molecule has 1 unspecified atom stereocenters. The van der Waals surface area contributed by atoms with Gasteiger partial charge in [0.15, 0.2) is 0 Å². The van der Waals surface area contributed by atoms with Crippen LogP contribution in [0.4, 0.5) is 14.4 Å². The summed E-state index contributed by atoms with van der Waals surface area (Å²) in [5.41, 5.74) is 7.42. The van der Waals surface area contributed by atoms with Crippen LogP contribution in [0, 0.1) is 20.8 Å². The number of carbonyl (C=O) groups is 3. The fourth-order valence-corrected chi connectivity index (χ4v) is 7.03. The summed E-state index contributed by atoms with van der Waals surface area (Å²) >= 11 is 0. The number of carbonyl (C=O) groups excluding carboxylic acids is 3. The molecule has 0 radical (unpaired) electrons. The lowest BCUT2D eigenvalue weighted by Crippen LogP contribution is -2.21. The second-order valence-corrected chi connectivity index (χ2v) is 17.9. The first-order valence-corrected chi connectivity index (χ1v) is 19.7. The lowest BCUT2D eigenvalue weighted by atomic mass is 9.74. The first-order chi connectivity index (χ1) is 26.9. The number of rotatable bonds is 14. The molecule has 9 nitrogen and oxygen atoms in total. The maximum Gasteiger partial charge on any atom is 0.514 e. The van der Waals surface area contributed by atoms with Gasteiger partial charge in [0.05, 0.1) is 0 Å². The van der Waals surface area contributed by atoms with Gasteiger partial charge in [-0.25, -0.2) is 14.4 Å². The quantitative estimate of drug-likeness (QED) is 0.0682. The molecule has 3 aromatic carbocycles. The van der Waals surface area contributed by atoms with Crippen LogP contribution in [0.15, 0.2) is 74.4 Å². The molecule has 0 saturated carbocycles. The Morgan fingerprint density at radius 1 is 0.517 bits per heavy atom. The van der Waals surface area contributed by atoms with Gasteiger partial charge >= 0.3 is 18.5 Å². The van der Waals surface area contributed by atoms with Crippen molar-refractivity contribution in [2.75, 3.05) is 19.8 Å². The van der Waals surface area contributed by atoms with Gasteiger partial charge in [0.25, 0.3) is 0 Å². The van der Waals surface area contributed by atoms with Crippen molar-refractivity contribution in [2.45, 2.75) is 125 Å². The molecule has 0 aromatic heterocycles. The van der Waals surface area contributed by atoms with Gasteiger partial charge in [-0.3, -0.25) is 0 Å². The van der Waals surface area contributed by atoms with E-state index in [2.05, 4.69) is 107 Å². The fourth-order valence-electron chi connectivity index (χ4n) is 7.03. The van der Waals surface area contributed by atoms with Crippen LogP contribution in [0.1, 0.15) is 138 Å². The van der Waals surface area contributed by atoms with Crippen LogP contribution >= 0.6 is 0 Å². The zero-order valence-electron chi connectivity index (χ0n) is 37.0. The van der Waals surface area contributed by atoms with Gasteiger partial charge < -0.3 is 28.4 Å². The van der Waals surface area contributed by atoms with Crippen molar-refractivity contribution in [1.29, 1.82) is 0 Å². The maximum absolute atomic E-state index is 12.7. The molecule has 314 valence electrons. The highest BCUT2D eigenvalue weighted by Gasteiger charge is 2.32. The van der Waals surface area contributed by atoms with Crippen LogP contribution in [0.5, 0.6) is 17.2 Å². The molecule has 3 rings (SSSR count). The summed E-state index contributed by atoms with van der Waals surface area (Å²) in [7, 11) is 0. The van der Waals surface area contributed by atoms with Gasteiger partial charge in [-0.15, -0.1) is 0 Å². The standard InChI is InChI=1S/C49H64O9/c1-17-20-53-44(50)56-41-24-31(5)34(27-38(41)47(8,9)10)30(4)23-37(35-28-39(48(11,12)13)42(25-32(35)6)57-45(51)54-21-18-2)36-29-40(49(14,15)16)43(26-33(36)7)58-46(52)55-22-19-3/h17-19,24-30,37H,1-3,20-23H2,4-16H3. The van der Waals surface area contributed by atoms with E-state index in [1.165, 1.54) is 18.2 Å². The van der Waals surface area contributed by atoms with Crippen LogP contribution in [0.25, 0.3) is 0 Å². The summed E-state index contributed by atoms with van der Waals surface area (Å²) in [5, 5.41) is 0. The van der Waals surface area contributed by atoms with E-state index in [1.807, 2.05) is 39.0 Å². The minimum Gasteiger partial charge on any atom is -0.430 e. The third kappa shape index (κ3) is 12.3. The average Bonchev–Trinajstić information content (AvgIpc) is 3.10. The van der Waals surface area contributed by atoms with Gasteiger partial charge in [0.2, 0.25) is 0 Å². The normalized spacial score (nSPS) is 12.3. The Balaban J connectivity index is 2.35. The molecular formula is C49H64O9. The molecule has 0 fully saturated rings. The van der Waals surface area contributed by atoms with E-state index in [4.69, 9.17) is 28.4 Å². The van der Waals surface area contributed by atoms with Crippen molar-refractivity contribution in [3.05, 3.63) is 124 Å². The van der Waals surface area contributed by atoms with Crippen molar-refractivity contribution in [1.82, 2.24) is 0 Å². The third-order valence-corrected chi connectivity index (χ3v) is 9.94. The molecule has 0 aliphatic carbocycles. The highest BCUT2D eigenvalue weighted by Crippen LogP contribution is 2.46. The van der Waals surface area contributed by atoms with Crippen LogP contribution < -0.4 is 14.2 Å². The van der Waals surface area contributed by atoms with Gasteiger partial charge in [-0.2, -0.15) is 0 Å². The largest absolute Gasteiger partial charge is 0.514 e. The van der Waals surface area contributed by atoms with E-state index in [1.54, 1.807) is 0 Å². The molecule has 0 saturated heterocycles. The fraction of sp³-hybridized carbons (Fsp3) is 0.449. The monoisotopic (exact) mass is 796 g/mol. The summed E-state index contributed by atoms with van der Waals surface area (Å²) in [4.78, 5) is 38.0. The molecule has 0 N–H and O–H groups in total. The second kappa shape index (κ2) is 19.4. The lowest BCUT2D eigenvalue weighted by molar-refractivity contribution is 0.108. The summed E-state index contributed by atoms with van der Waals surface area (Å²) in [5.74, 6) is 1.13. The van der Waals surface area contributed by atoms with Crippen LogP contribution in [-0.4, -0.2) is 38.3 Å². The molecule has 3 aromatic rings. The highest BCUT2D eigenvalue weighted by atomic mass is 16.7. The van der Waals surface area contributed by atoms with Crippen molar-refractivity contribution in [3.8, 4) is 17.2 Å². The molecule has 1 atom stereocenters. The van der Waals surface area contributed by atoms with Crippen LogP contribution in [0.2, 0.25) is 0 Å². The van der Waals surface area contributed by atoms with E-state index in [0.717, 1.165) is 50.1 Å². The SMILES string of the molecule is C=CCOC(=O)Oc1cc(C)c(C(C)CC(c2cc(C(C)(C)C)c(OC(=O)OCC=C)cc2C)c2cc(C(C)(C)C)c(OC(=O)OCC=C)cc2C)cc1C(C)(C)C. The van der Waals surface area contributed by atoms with Crippen molar-refractivity contribution in [3.63, 3.8) is 0 Å². The number of benzene rings is 3.